The maximum atomic E-state index is 13.0. The lowest BCUT2D eigenvalue weighted by molar-refractivity contribution is -0.133. The number of carbonyl (C=O) groups is 3. The standard InChI is InChI=1S/C25H33N3O3/c1-15-4-6-21(7-5-15)28-16(2)23(30)27(24(28)31)14-22(29)26-17(3)25-11-18-8-19(12-25)10-20(9-18)13-25/h4-7,16-20H,8-14H2,1-3H3,(H,26,29)/t16-,17-,18?,19?,20?,25?/m0/s1. The fourth-order valence-corrected chi connectivity index (χ4v) is 7.20. The molecule has 5 fully saturated rings. The van der Waals surface area contributed by atoms with Crippen LogP contribution in [0.3, 0.4) is 0 Å². The summed E-state index contributed by atoms with van der Waals surface area (Å²) in [7, 11) is 0. The first-order valence-corrected chi connectivity index (χ1v) is 11.8. The Morgan fingerprint density at radius 2 is 1.61 bits per heavy atom. The number of rotatable bonds is 5. The molecule has 1 aromatic rings. The van der Waals surface area contributed by atoms with E-state index in [1.54, 1.807) is 6.92 Å². The molecular weight excluding hydrogens is 390 g/mol. The SMILES string of the molecule is Cc1ccc(N2C(=O)N(CC(=O)N[C@@H](C)C34CC5CC(CC(C5)C3)C4)C(=O)[C@@H]2C)cc1. The van der Waals surface area contributed by atoms with Gasteiger partial charge in [0.2, 0.25) is 5.91 Å². The van der Waals surface area contributed by atoms with Crippen LogP contribution in [0.4, 0.5) is 10.5 Å². The zero-order chi connectivity index (χ0) is 21.9. The van der Waals surface area contributed by atoms with Gasteiger partial charge < -0.3 is 5.32 Å². The number of aryl methyl sites for hydroxylation is 1. The van der Waals surface area contributed by atoms with E-state index in [1.165, 1.54) is 43.4 Å². The van der Waals surface area contributed by atoms with Crippen molar-refractivity contribution in [3.8, 4) is 0 Å². The van der Waals surface area contributed by atoms with E-state index < -0.39 is 12.1 Å². The molecule has 1 aliphatic heterocycles. The van der Waals surface area contributed by atoms with Crippen LogP contribution in [0.1, 0.15) is 57.9 Å². The number of hydrogen-bond donors (Lipinski definition) is 1. The van der Waals surface area contributed by atoms with Crippen molar-refractivity contribution in [2.45, 2.75) is 71.4 Å². The zero-order valence-electron chi connectivity index (χ0n) is 18.8. The van der Waals surface area contributed by atoms with E-state index in [9.17, 15) is 14.4 Å². The van der Waals surface area contributed by atoms with Gasteiger partial charge in [-0.3, -0.25) is 19.4 Å². The lowest BCUT2D eigenvalue weighted by Crippen LogP contribution is -2.57. The molecule has 0 aromatic heterocycles. The maximum Gasteiger partial charge on any atom is 0.332 e. The molecule has 4 saturated carbocycles. The lowest BCUT2D eigenvalue weighted by Gasteiger charge is -2.59. The minimum absolute atomic E-state index is 0.0758. The van der Waals surface area contributed by atoms with Gasteiger partial charge >= 0.3 is 6.03 Å². The molecule has 6 rings (SSSR count). The summed E-state index contributed by atoms with van der Waals surface area (Å²) in [5, 5.41) is 3.18. The van der Waals surface area contributed by atoms with Gasteiger partial charge in [0.05, 0.1) is 0 Å². The van der Waals surface area contributed by atoms with Crippen molar-refractivity contribution in [1.29, 1.82) is 0 Å². The average molecular weight is 424 g/mol. The molecule has 1 saturated heterocycles. The number of nitrogens with one attached hydrogen (secondary N) is 1. The summed E-state index contributed by atoms with van der Waals surface area (Å²) in [6.45, 7) is 5.61. The quantitative estimate of drug-likeness (QED) is 0.731. The monoisotopic (exact) mass is 423 g/mol. The van der Waals surface area contributed by atoms with E-state index in [1.807, 2.05) is 31.2 Å². The first-order chi connectivity index (χ1) is 14.8. The Labute approximate surface area is 184 Å². The van der Waals surface area contributed by atoms with Crippen LogP contribution in [-0.4, -0.2) is 41.4 Å². The Kier molecular flexibility index (Phi) is 4.87. The van der Waals surface area contributed by atoms with Crippen LogP contribution in [0.25, 0.3) is 0 Å². The second kappa shape index (κ2) is 7.35. The number of carbonyl (C=O) groups excluding carboxylic acids is 3. The molecule has 166 valence electrons. The van der Waals surface area contributed by atoms with Crippen LogP contribution in [0.2, 0.25) is 0 Å². The lowest BCUT2D eigenvalue weighted by atomic mass is 9.48. The fourth-order valence-electron chi connectivity index (χ4n) is 7.20. The summed E-state index contributed by atoms with van der Waals surface area (Å²) < 4.78 is 0. The van der Waals surface area contributed by atoms with Gasteiger partial charge in [-0.15, -0.1) is 0 Å². The smallest absolute Gasteiger partial charge is 0.332 e. The number of amides is 4. The van der Waals surface area contributed by atoms with Crippen molar-refractivity contribution < 1.29 is 14.4 Å². The van der Waals surface area contributed by atoms with Crippen molar-refractivity contribution in [3.63, 3.8) is 0 Å². The first kappa shape index (κ1) is 20.5. The molecule has 4 amide bonds. The summed E-state index contributed by atoms with van der Waals surface area (Å²) in [6, 6.07) is 6.57. The van der Waals surface area contributed by atoms with E-state index in [2.05, 4.69) is 12.2 Å². The third kappa shape index (κ3) is 3.44. The van der Waals surface area contributed by atoms with E-state index in [0.717, 1.165) is 28.2 Å². The van der Waals surface area contributed by atoms with Crippen molar-refractivity contribution in [1.82, 2.24) is 10.2 Å². The molecule has 6 heteroatoms. The molecule has 1 aromatic carbocycles. The number of nitrogens with zero attached hydrogens (tertiary/aromatic N) is 2. The van der Waals surface area contributed by atoms with Crippen LogP contribution >= 0.6 is 0 Å². The topological polar surface area (TPSA) is 69.7 Å². The summed E-state index contributed by atoms with van der Waals surface area (Å²) in [5.41, 5.74) is 1.97. The number of benzene rings is 1. The molecule has 1 heterocycles. The normalized spacial score (nSPS) is 35.1. The summed E-state index contributed by atoms with van der Waals surface area (Å²) in [5.74, 6) is 1.90. The Morgan fingerprint density at radius 1 is 1.06 bits per heavy atom. The zero-order valence-corrected chi connectivity index (χ0v) is 18.8. The molecule has 0 unspecified atom stereocenters. The Balaban J connectivity index is 1.25. The highest BCUT2D eigenvalue weighted by molar-refractivity contribution is 6.15. The molecule has 0 spiro atoms. The molecule has 6 nitrogen and oxygen atoms in total. The maximum absolute atomic E-state index is 13.0. The summed E-state index contributed by atoms with van der Waals surface area (Å²) >= 11 is 0. The van der Waals surface area contributed by atoms with Gasteiger partial charge in [0, 0.05) is 11.7 Å². The van der Waals surface area contributed by atoms with E-state index in [-0.39, 0.29) is 29.8 Å². The third-order valence-electron chi connectivity index (χ3n) is 8.44. The van der Waals surface area contributed by atoms with Gasteiger partial charge in [0.1, 0.15) is 12.6 Å². The minimum atomic E-state index is -0.608. The van der Waals surface area contributed by atoms with Crippen molar-refractivity contribution in [2.75, 3.05) is 11.4 Å². The van der Waals surface area contributed by atoms with E-state index >= 15 is 0 Å². The average Bonchev–Trinajstić information content (AvgIpc) is 2.91. The number of anilines is 1. The third-order valence-corrected chi connectivity index (χ3v) is 8.44. The summed E-state index contributed by atoms with van der Waals surface area (Å²) in [6.07, 6.45) is 7.72. The Hall–Kier alpha value is -2.37. The van der Waals surface area contributed by atoms with Gasteiger partial charge in [0.25, 0.3) is 5.91 Å². The van der Waals surface area contributed by atoms with Crippen LogP contribution in [0.15, 0.2) is 24.3 Å². The molecule has 31 heavy (non-hydrogen) atoms. The molecular formula is C25H33N3O3. The van der Waals surface area contributed by atoms with Crippen molar-refractivity contribution in [2.24, 2.45) is 23.2 Å². The highest BCUT2D eigenvalue weighted by atomic mass is 16.2. The van der Waals surface area contributed by atoms with Crippen LogP contribution in [-0.2, 0) is 9.59 Å². The van der Waals surface area contributed by atoms with Gasteiger partial charge in [-0.1, -0.05) is 17.7 Å². The van der Waals surface area contributed by atoms with Gasteiger partial charge in [-0.25, -0.2) is 4.79 Å². The van der Waals surface area contributed by atoms with Crippen LogP contribution in [0, 0.1) is 30.1 Å². The highest BCUT2D eigenvalue weighted by Crippen LogP contribution is 2.61. The summed E-state index contributed by atoms with van der Waals surface area (Å²) in [4.78, 5) is 41.3. The Bertz CT molecular complexity index is 874. The molecule has 1 N–H and O–H groups in total. The predicted molar refractivity (Wildman–Crippen MR) is 118 cm³/mol. The van der Waals surface area contributed by atoms with E-state index in [0.29, 0.717) is 5.69 Å². The Morgan fingerprint density at radius 3 is 2.16 bits per heavy atom. The predicted octanol–water partition coefficient (Wildman–Crippen LogP) is 3.87. The molecule has 0 radical (unpaired) electrons. The van der Waals surface area contributed by atoms with Gasteiger partial charge in [-0.05, 0) is 94.6 Å². The molecule has 4 bridgehead atoms. The highest BCUT2D eigenvalue weighted by Gasteiger charge is 2.53. The van der Waals surface area contributed by atoms with Gasteiger partial charge in [-0.2, -0.15) is 0 Å². The molecule has 5 aliphatic rings. The first-order valence-electron chi connectivity index (χ1n) is 11.8. The second-order valence-electron chi connectivity index (χ2n) is 10.7. The van der Waals surface area contributed by atoms with E-state index in [4.69, 9.17) is 0 Å². The van der Waals surface area contributed by atoms with Crippen molar-refractivity contribution >= 4 is 23.5 Å². The second-order valence-corrected chi connectivity index (χ2v) is 10.7. The van der Waals surface area contributed by atoms with Crippen LogP contribution in [0.5, 0.6) is 0 Å². The number of imide groups is 1. The van der Waals surface area contributed by atoms with Crippen molar-refractivity contribution in [3.05, 3.63) is 29.8 Å². The number of hydrogen-bond acceptors (Lipinski definition) is 3. The molecule has 4 aliphatic carbocycles. The fraction of sp³-hybridized carbons (Fsp3) is 0.640. The van der Waals surface area contributed by atoms with Gasteiger partial charge in [0.15, 0.2) is 0 Å². The number of urea groups is 1. The van der Waals surface area contributed by atoms with Crippen LogP contribution < -0.4 is 10.2 Å². The minimum Gasteiger partial charge on any atom is -0.352 e. The largest absolute Gasteiger partial charge is 0.352 e. The molecule has 2 atom stereocenters.